The predicted octanol–water partition coefficient (Wildman–Crippen LogP) is 4.54. The van der Waals surface area contributed by atoms with Crippen LogP contribution in [0, 0.1) is 0 Å². The smallest absolute Gasteiger partial charge is 0.269 e. The summed E-state index contributed by atoms with van der Waals surface area (Å²) < 4.78 is 5.79. The number of hydrogen-bond donors (Lipinski definition) is 2. The Morgan fingerprint density at radius 3 is 2.37 bits per heavy atom. The van der Waals surface area contributed by atoms with Gasteiger partial charge in [0.1, 0.15) is 18.1 Å². The Bertz CT molecular complexity index is 847. The van der Waals surface area contributed by atoms with Gasteiger partial charge in [0, 0.05) is 12.2 Å². The molecule has 1 heterocycles. The van der Waals surface area contributed by atoms with E-state index in [0.717, 1.165) is 29.1 Å². The average Bonchev–Trinajstić information content (AvgIpc) is 2.73. The molecule has 0 atom stereocenters. The lowest BCUT2D eigenvalue weighted by Gasteiger charge is -2.09. The number of benzene rings is 2. The molecule has 0 bridgehead atoms. The maximum Gasteiger partial charge on any atom is 0.269 e. The number of carbonyl (C=O) groups is 1. The molecule has 1 aromatic heterocycles. The van der Waals surface area contributed by atoms with E-state index in [9.17, 15) is 4.79 Å². The molecule has 3 aromatic rings. The summed E-state index contributed by atoms with van der Waals surface area (Å²) in [5.41, 5.74) is 3.29. The van der Waals surface area contributed by atoms with Crippen LogP contribution in [0.5, 0.6) is 5.75 Å². The Labute approximate surface area is 159 Å². The summed E-state index contributed by atoms with van der Waals surface area (Å²) in [5, 5.41) is 6.08. The first-order valence-electron chi connectivity index (χ1n) is 9.02. The molecule has 0 saturated heterocycles. The summed E-state index contributed by atoms with van der Waals surface area (Å²) in [6.45, 7) is 3.21. The highest BCUT2D eigenvalue weighted by Crippen LogP contribution is 2.20. The molecule has 27 heavy (non-hydrogen) atoms. The first-order valence-corrected chi connectivity index (χ1v) is 9.02. The molecule has 0 spiro atoms. The van der Waals surface area contributed by atoms with Crippen LogP contribution in [0.25, 0.3) is 0 Å². The van der Waals surface area contributed by atoms with Gasteiger partial charge in [0.25, 0.3) is 5.91 Å². The lowest BCUT2D eigenvalue weighted by molar-refractivity contribution is 0.0948. The molecule has 0 saturated carbocycles. The molecule has 1 amide bonds. The Balaban J connectivity index is 1.54. The van der Waals surface area contributed by atoms with Gasteiger partial charge in [-0.2, -0.15) is 0 Å². The van der Waals surface area contributed by atoms with Crippen molar-refractivity contribution in [3.05, 3.63) is 84.2 Å². The molecule has 0 unspecified atom stereocenters. The first-order chi connectivity index (χ1) is 13.2. The highest BCUT2D eigenvalue weighted by molar-refractivity contribution is 5.92. The van der Waals surface area contributed by atoms with Crippen molar-refractivity contribution >= 4 is 17.3 Å². The Kier molecular flexibility index (Phi) is 6.41. The molecule has 0 fully saturated rings. The molecule has 0 aliphatic heterocycles. The Hall–Kier alpha value is -3.34. The second kappa shape index (κ2) is 9.38. The monoisotopic (exact) mass is 361 g/mol. The average molecular weight is 361 g/mol. The van der Waals surface area contributed by atoms with Gasteiger partial charge in [-0.05, 0) is 48.4 Å². The number of anilines is 2. The normalized spacial score (nSPS) is 10.3. The van der Waals surface area contributed by atoms with Crippen molar-refractivity contribution in [2.45, 2.75) is 20.0 Å². The Morgan fingerprint density at radius 2 is 1.70 bits per heavy atom. The van der Waals surface area contributed by atoms with Gasteiger partial charge in [-0.1, -0.05) is 37.3 Å². The van der Waals surface area contributed by atoms with Crippen LogP contribution in [0.3, 0.4) is 0 Å². The lowest BCUT2D eigenvalue weighted by Crippen LogP contribution is -2.24. The summed E-state index contributed by atoms with van der Waals surface area (Å²) in [5.74, 6) is 0.661. The Morgan fingerprint density at radius 1 is 0.963 bits per heavy atom. The van der Waals surface area contributed by atoms with Gasteiger partial charge >= 0.3 is 0 Å². The number of nitrogens with one attached hydrogen (secondary N) is 2. The fraction of sp³-hybridized carbons (Fsp3) is 0.182. The minimum atomic E-state index is -0.150. The fourth-order valence-electron chi connectivity index (χ4n) is 2.47. The van der Waals surface area contributed by atoms with Crippen molar-refractivity contribution < 1.29 is 9.53 Å². The quantitative estimate of drug-likeness (QED) is 0.618. The molecule has 0 aliphatic rings. The van der Waals surface area contributed by atoms with Crippen molar-refractivity contribution in [1.82, 2.24) is 10.3 Å². The van der Waals surface area contributed by atoms with Crippen LogP contribution in [-0.4, -0.2) is 17.4 Å². The molecule has 5 nitrogen and oxygen atoms in total. The summed E-state index contributed by atoms with van der Waals surface area (Å²) in [4.78, 5) is 16.1. The summed E-state index contributed by atoms with van der Waals surface area (Å²) in [6.07, 6.45) is 2.55. The molecule has 2 aromatic carbocycles. The predicted molar refractivity (Wildman–Crippen MR) is 107 cm³/mol. The van der Waals surface area contributed by atoms with E-state index >= 15 is 0 Å². The van der Waals surface area contributed by atoms with Crippen LogP contribution >= 0.6 is 0 Å². The number of amides is 1. The number of ether oxygens (including phenoxy) is 1. The topological polar surface area (TPSA) is 63.2 Å². The second-order valence-corrected chi connectivity index (χ2v) is 6.11. The van der Waals surface area contributed by atoms with Gasteiger partial charge in [-0.15, -0.1) is 0 Å². The zero-order chi connectivity index (χ0) is 18.9. The number of carbonyl (C=O) groups excluding carboxylic acids is 1. The molecule has 138 valence electrons. The zero-order valence-corrected chi connectivity index (χ0v) is 15.3. The van der Waals surface area contributed by atoms with Crippen molar-refractivity contribution in [3.8, 4) is 5.75 Å². The van der Waals surface area contributed by atoms with Gasteiger partial charge in [0.2, 0.25) is 0 Å². The standard InChI is InChI=1S/C22H23N3O2/c1-2-14-23-22(26)21-13-10-19(15-24-21)25-18-8-11-20(12-9-18)27-16-17-6-4-3-5-7-17/h3-13,15,25H,2,14,16H2,1H3,(H,23,26). The highest BCUT2D eigenvalue weighted by Gasteiger charge is 2.06. The number of pyridine rings is 1. The maximum absolute atomic E-state index is 11.9. The molecule has 2 N–H and O–H groups in total. The minimum Gasteiger partial charge on any atom is -0.489 e. The van der Waals surface area contributed by atoms with Crippen LogP contribution in [0.15, 0.2) is 72.9 Å². The number of aromatic nitrogens is 1. The first kappa shape index (κ1) is 18.5. The summed E-state index contributed by atoms with van der Waals surface area (Å²) in [6, 6.07) is 21.4. The molecule has 0 radical (unpaired) electrons. The van der Waals surface area contributed by atoms with Gasteiger partial charge in [-0.25, -0.2) is 4.98 Å². The third-order valence-corrected chi connectivity index (χ3v) is 3.92. The number of hydrogen-bond acceptors (Lipinski definition) is 4. The van der Waals surface area contributed by atoms with Crippen LogP contribution in [0.1, 0.15) is 29.4 Å². The van der Waals surface area contributed by atoms with Gasteiger partial charge in [0.15, 0.2) is 0 Å². The van der Waals surface area contributed by atoms with Crippen LogP contribution < -0.4 is 15.4 Å². The third-order valence-electron chi connectivity index (χ3n) is 3.92. The van der Waals surface area contributed by atoms with E-state index < -0.39 is 0 Å². The van der Waals surface area contributed by atoms with Crippen molar-refractivity contribution in [2.75, 3.05) is 11.9 Å². The van der Waals surface area contributed by atoms with E-state index in [1.165, 1.54) is 0 Å². The molecular weight excluding hydrogens is 338 g/mol. The lowest BCUT2D eigenvalue weighted by atomic mass is 10.2. The van der Waals surface area contributed by atoms with E-state index in [1.54, 1.807) is 12.3 Å². The molecule has 5 heteroatoms. The van der Waals surface area contributed by atoms with Crippen molar-refractivity contribution in [3.63, 3.8) is 0 Å². The van der Waals surface area contributed by atoms with Crippen LogP contribution in [0.2, 0.25) is 0 Å². The summed E-state index contributed by atoms with van der Waals surface area (Å²) in [7, 11) is 0. The number of rotatable bonds is 8. The zero-order valence-electron chi connectivity index (χ0n) is 15.3. The fourth-order valence-corrected chi connectivity index (χ4v) is 2.47. The van der Waals surface area contributed by atoms with E-state index in [2.05, 4.69) is 15.6 Å². The van der Waals surface area contributed by atoms with E-state index in [1.807, 2.05) is 67.6 Å². The minimum absolute atomic E-state index is 0.150. The van der Waals surface area contributed by atoms with E-state index in [4.69, 9.17) is 4.74 Å². The molecule has 0 aliphatic carbocycles. The van der Waals surface area contributed by atoms with Gasteiger partial charge in [-0.3, -0.25) is 4.79 Å². The SMILES string of the molecule is CCCNC(=O)c1ccc(Nc2ccc(OCc3ccccc3)cc2)cn1. The molecule has 3 rings (SSSR count). The van der Waals surface area contributed by atoms with E-state index in [0.29, 0.717) is 18.8 Å². The summed E-state index contributed by atoms with van der Waals surface area (Å²) >= 11 is 0. The van der Waals surface area contributed by atoms with Crippen LogP contribution in [-0.2, 0) is 6.61 Å². The highest BCUT2D eigenvalue weighted by atomic mass is 16.5. The second-order valence-electron chi connectivity index (χ2n) is 6.11. The van der Waals surface area contributed by atoms with Gasteiger partial charge < -0.3 is 15.4 Å². The largest absolute Gasteiger partial charge is 0.489 e. The maximum atomic E-state index is 11.9. The number of nitrogens with zero attached hydrogens (tertiary/aromatic N) is 1. The van der Waals surface area contributed by atoms with Crippen molar-refractivity contribution in [1.29, 1.82) is 0 Å². The van der Waals surface area contributed by atoms with Crippen molar-refractivity contribution in [2.24, 2.45) is 0 Å². The van der Waals surface area contributed by atoms with E-state index in [-0.39, 0.29) is 5.91 Å². The molecular formula is C22H23N3O2. The van der Waals surface area contributed by atoms with Gasteiger partial charge in [0.05, 0.1) is 11.9 Å². The third kappa shape index (κ3) is 5.57. The van der Waals surface area contributed by atoms with Crippen LogP contribution in [0.4, 0.5) is 11.4 Å².